The summed E-state index contributed by atoms with van der Waals surface area (Å²) >= 11 is 1.95. The van der Waals surface area contributed by atoms with E-state index in [1.807, 2.05) is 11.8 Å². The predicted octanol–water partition coefficient (Wildman–Crippen LogP) is 1.62. The Morgan fingerprint density at radius 2 is 1.92 bits per heavy atom. The minimum absolute atomic E-state index is 0.340. The average Bonchev–Trinajstić information content (AvgIpc) is 2.10. The first-order chi connectivity index (χ1) is 5.81. The van der Waals surface area contributed by atoms with Crippen LogP contribution in [-0.2, 0) is 0 Å². The van der Waals surface area contributed by atoms with Gasteiger partial charge in [-0.3, -0.25) is 0 Å². The second-order valence-electron chi connectivity index (χ2n) is 3.05. The molecule has 0 aromatic rings. The van der Waals surface area contributed by atoms with Gasteiger partial charge in [-0.2, -0.15) is 11.8 Å². The fourth-order valence-electron chi connectivity index (χ4n) is 0.920. The number of hydrogen-bond acceptors (Lipinski definition) is 3. The van der Waals surface area contributed by atoms with Crippen molar-refractivity contribution in [3.8, 4) is 0 Å². The molecule has 12 heavy (non-hydrogen) atoms. The number of rotatable bonds is 8. The van der Waals surface area contributed by atoms with Crippen molar-refractivity contribution in [2.24, 2.45) is 5.73 Å². The van der Waals surface area contributed by atoms with E-state index in [1.165, 1.54) is 18.6 Å². The molecule has 0 aromatic carbocycles. The average molecular weight is 191 g/mol. The molecule has 0 saturated carbocycles. The Morgan fingerprint density at radius 3 is 2.50 bits per heavy atom. The number of aliphatic hydroxyl groups excluding tert-OH is 1. The summed E-state index contributed by atoms with van der Waals surface area (Å²) in [5.74, 6) is 1.21. The standard InChI is InChI=1S/C9H21NOS/c1-9(8-10)12-7-5-3-2-4-6-11/h9,11H,2-8,10H2,1H3. The van der Waals surface area contributed by atoms with E-state index < -0.39 is 0 Å². The molecule has 3 N–H and O–H groups in total. The summed E-state index contributed by atoms with van der Waals surface area (Å²) in [5.41, 5.74) is 5.48. The lowest BCUT2D eigenvalue weighted by Gasteiger charge is -2.06. The van der Waals surface area contributed by atoms with Crippen LogP contribution in [0.15, 0.2) is 0 Å². The molecule has 0 aliphatic heterocycles. The van der Waals surface area contributed by atoms with Crippen molar-refractivity contribution in [3.05, 3.63) is 0 Å². The molecule has 0 fully saturated rings. The molecule has 0 spiro atoms. The van der Waals surface area contributed by atoms with Gasteiger partial charge >= 0.3 is 0 Å². The Kier molecular flexibility index (Phi) is 9.57. The first kappa shape index (κ1) is 12.3. The first-order valence-electron chi connectivity index (χ1n) is 4.73. The number of aliphatic hydroxyl groups is 1. The lowest BCUT2D eigenvalue weighted by molar-refractivity contribution is 0.283. The molecule has 0 amide bonds. The fourth-order valence-corrected chi connectivity index (χ4v) is 1.83. The third-order valence-corrected chi connectivity index (χ3v) is 3.07. The van der Waals surface area contributed by atoms with Gasteiger partial charge in [0, 0.05) is 18.4 Å². The molecule has 1 unspecified atom stereocenters. The molecular weight excluding hydrogens is 170 g/mol. The Balaban J connectivity index is 2.90. The van der Waals surface area contributed by atoms with Gasteiger partial charge in [-0.1, -0.05) is 19.8 Å². The van der Waals surface area contributed by atoms with Gasteiger partial charge in [-0.25, -0.2) is 0 Å². The van der Waals surface area contributed by atoms with E-state index in [-0.39, 0.29) is 0 Å². The van der Waals surface area contributed by atoms with Crippen LogP contribution in [0.25, 0.3) is 0 Å². The highest BCUT2D eigenvalue weighted by atomic mass is 32.2. The van der Waals surface area contributed by atoms with E-state index in [0.717, 1.165) is 19.4 Å². The van der Waals surface area contributed by atoms with E-state index in [4.69, 9.17) is 10.8 Å². The molecule has 74 valence electrons. The number of hydrogen-bond donors (Lipinski definition) is 2. The zero-order valence-electron chi connectivity index (χ0n) is 7.96. The molecule has 0 radical (unpaired) electrons. The van der Waals surface area contributed by atoms with E-state index in [0.29, 0.717) is 11.9 Å². The molecule has 3 heteroatoms. The van der Waals surface area contributed by atoms with E-state index >= 15 is 0 Å². The molecule has 0 aliphatic carbocycles. The van der Waals surface area contributed by atoms with Gasteiger partial charge in [0.2, 0.25) is 0 Å². The van der Waals surface area contributed by atoms with Crippen LogP contribution in [0.4, 0.5) is 0 Å². The molecule has 0 saturated heterocycles. The predicted molar refractivity (Wildman–Crippen MR) is 56.5 cm³/mol. The second-order valence-corrected chi connectivity index (χ2v) is 4.60. The molecule has 0 heterocycles. The highest BCUT2D eigenvalue weighted by Crippen LogP contribution is 2.12. The van der Waals surface area contributed by atoms with Gasteiger partial charge in [0.05, 0.1) is 0 Å². The lowest BCUT2D eigenvalue weighted by atomic mass is 10.2. The zero-order valence-corrected chi connectivity index (χ0v) is 8.78. The monoisotopic (exact) mass is 191 g/mol. The maximum Gasteiger partial charge on any atom is 0.0431 e. The summed E-state index contributed by atoms with van der Waals surface area (Å²) in [6, 6.07) is 0. The Morgan fingerprint density at radius 1 is 1.25 bits per heavy atom. The van der Waals surface area contributed by atoms with Crippen molar-refractivity contribution < 1.29 is 5.11 Å². The number of nitrogens with two attached hydrogens (primary N) is 1. The Hall–Kier alpha value is 0.270. The van der Waals surface area contributed by atoms with Crippen molar-refractivity contribution in [1.82, 2.24) is 0 Å². The molecule has 0 aromatic heterocycles. The number of unbranched alkanes of at least 4 members (excludes halogenated alkanes) is 3. The largest absolute Gasteiger partial charge is 0.396 e. The van der Waals surface area contributed by atoms with Crippen LogP contribution in [0, 0.1) is 0 Å². The van der Waals surface area contributed by atoms with Crippen molar-refractivity contribution in [1.29, 1.82) is 0 Å². The summed E-state index contributed by atoms with van der Waals surface area (Å²) in [5, 5.41) is 9.13. The molecular formula is C9H21NOS. The minimum Gasteiger partial charge on any atom is -0.396 e. The molecule has 2 nitrogen and oxygen atoms in total. The van der Waals surface area contributed by atoms with Gasteiger partial charge in [0.25, 0.3) is 0 Å². The van der Waals surface area contributed by atoms with Crippen LogP contribution in [0.3, 0.4) is 0 Å². The van der Waals surface area contributed by atoms with Crippen molar-refractivity contribution in [2.75, 3.05) is 18.9 Å². The summed E-state index contributed by atoms with van der Waals surface area (Å²) in [6.45, 7) is 3.28. The van der Waals surface area contributed by atoms with Crippen LogP contribution in [0.2, 0.25) is 0 Å². The molecule has 0 aliphatic rings. The van der Waals surface area contributed by atoms with E-state index in [1.54, 1.807) is 0 Å². The van der Waals surface area contributed by atoms with Gasteiger partial charge in [-0.15, -0.1) is 0 Å². The lowest BCUT2D eigenvalue weighted by Crippen LogP contribution is -2.12. The van der Waals surface area contributed by atoms with Gasteiger partial charge in [-0.05, 0) is 18.6 Å². The van der Waals surface area contributed by atoms with Crippen molar-refractivity contribution in [3.63, 3.8) is 0 Å². The summed E-state index contributed by atoms with van der Waals surface area (Å²) in [7, 11) is 0. The summed E-state index contributed by atoms with van der Waals surface area (Å²) < 4.78 is 0. The number of thioether (sulfide) groups is 1. The van der Waals surface area contributed by atoms with Crippen LogP contribution in [-0.4, -0.2) is 29.3 Å². The maximum atomic E-state index is 8.53. The van der Waals surface area contributed by atoms with Crippen LogP contribution < -0.4 is 5.73 Å². The van der Waals surface area contributed by atoms with Crippen molar-refractivity contribution >= 4 is 11.8 Å². The Labute approximate surface area is 79.9 Å². The first-order valence-corrected chi connectivity index (χ1v) is 5.78. The minimum atomic E-state index is 0.340. The van der Waals surface area contributed by atoms with Gasteiger partial charge in [0.1, 0.15) is 0 Å². The van der Waals surface area contributed by atoms with Crippen LogP contribution >= 0.6 is 11.8 Å². The van der Waals surface area contributed by atoms with Crippen LogP contribution in [0.1, 0.15) is 32.6 Å². The van der Waals surface area contributed by atoms with Crippen molar-refractivity contribution in [2.45, 2.75) is 37.9 Å². The second kappa shape index (κ2) is 9.36. The van der Waals surface area contributed by atoms with Crippen LogP contribution in [0.5, 0.6) is 0 Å². The van der Waals surface area contributed by atoms with E-state index in [2.05, 4.69) is 6.92 Å². The normalized spacial score (nSPS) is 13.2. The smallest absolute Gasteiger partial charge is 0.0431 e. The third-order valence-electron chi connectivity index (χ3n) is 1.79. The third kappa shape index (κ3) is 8.37. The highest BCUT2D eigenvalue weighted by molar-refractivity contribution is 7.99. The Bertz CT molecular complexity index is 90.6. The summed E-state index contributed by atoms with van der Waals surface area (Å²) in [6.07, 6.45) is 4.62. The SMILES string of the molecule is CC(CN)SCCCCCCO. The molecule has 0 rings (SSSR count). The van der Waals surface area contributed by atoms with Gasteiger partial charge < -0.3 is 10.8 Å². The molecule has 1 atom stereocenters. The van der Waals surface area contributed by atoms with E-state index in [9.17, 15) is 0 Å². The van der Waals surface area contributed by atoms with Gasteiger partial charge in [0.15, 0.2) is 0 Å². The highest BCUT2D eigenvalue weighted by Gasteiger charge is 1.97. The zero-order chi connectivity index (χ0) is 9.23. The maximum absolute atomic E-state index is 8.53. The fraction of sp³-hybridized carbons (Fsp3) is 1.00. The summed E-state index contributed by atoms with van der Waals surface area (Å²) in [4.78, 5) is 0. The quantitative estimate of drug-likeness (QED) is 0.573. The topological polar surface area (TPSA) is 46.2 Å². The molecule has 0 bridgehead atoms.